The number of sulfone groups is 1. The van der Waals surface area contributed by atoms with Gasteiger partial charge in [0.1, 0.15) is 5.75 Å². The van der Waals surface area contributed by atoms with Crippen molar-refractivity contribution in [3.05, 3.63) is 54.1 Å². The number of ether oxygens (including phenoxy) is 2. The zero-order chi connectivity index (χ0) is 16.3. The molecule has 0 aliphatic carbocycles. The third-order valence-electron chi connectivity index (χ3n) is 3.84. The van der Waals surface area contributed by atoms with E-state index in [4.69, 9.17) is 9.47 Å². The molecule has 2 aromatic rings. The van der Waals surface area contributed by atoms with Gasteiger partial charge < -0.3 is 9.47 Å². The smallest absolute Gasteiger partial charge is 0.206 e. The first-order valence-electron chi connectivity index (χ1n) is 7.78. The summed E-state index contributed by atoms with van der Waals surface area (Å²) in [6, 6.07) is 13.6. The third kappa shape index (κ3) is 3.92. The Labute approximate surface area is 137 Å². The Bertz CT molecular complexity index is 745. The highest BCUT2D eigenvalue weighted by Crippen LogP contribution is 2.24. The van der Waals surface area contributed by atoms with E-state index >= 15 is 0 Å². The van der Waals surface area contributed by atoms with Crippen molar-refractivity contribution < 1.29 is 17.9 Å². The molecule has 1 atom stereocenters. The van der Waals surface area contributed by atoms with E-state index in [0.29, 0.717) is 23.4 Å². The van der Waals surface area contributed by atoms with Gasteiger partial charge in [0.15, 0.2) is 0 Å². The van der Waals surface area contributed by atoms with Gasteiger partial charge in [-0.15, -0.1) is 0 Å². The summed E-state index contributed by atoms with van der Waals surface area (Å²) in [5, 5.41) is 0. The highest BCUT2D eigenvalue weighted by Gasteiger charge is 2.22. The number of benzene rings is 2. The lowest BCUT2D eigenvalue weighted by Gasteiger charge is -2.07. The van der Waals surface area contributed by atoms with E-state index in [2.05, 4.69) is 0 Å². The van der Waals surface area contributed by atoms with Crippen LogP contribution < -0.4 is 4.74 Å². The SMILES string of the molecule is CCOc1ccc(S(=O)(=O)c2ccc(CCC3CO3)cc2)cc1. The summed E-state index contributed by atoms with van der Waals surface area (Å²) in [4.78, 5) is 0.591. The van der Waals surface area contributed by atoms with Gasteiger partial charge in [0.05, 0.1) is 29.1 Å². The minimum atomic E-state index is -3.49. The van der Waals surface area contributed by atoms with Gasteiger partial charge in [-0.05, 0) is 61.7 Å². The van der Waals surface area contributed by atoms with E-state index in [-0.39, 0.29) is 4.90 Å². The molecule has 1 aliphatic rings. The fourth-order valence-electron chi connectivity index (χ4n) is 2.42. The molecule has 0 aromatic heterocycles. The van der Waals surface area contributed by atoms with Crippen LogP contribution in [-0.4, -0.2) is 27.7 Å². The van der Waals surface area contributed by atoms with Gasteiger partial charge in [-0.3, -0.25) is 0 Å². The first-order valence-corrected chi connectivity index (χ1v) is 9.26. The maximum atomic E-state index is 12.6. The lowest BCUT2D eigenvalue weighted by Crippen LogP contribution is -2.02. The molecule has 0 radical (unpaired) electrons. The number of aryl methyl sites for hydroxylation is 1. The standard InChI is InChI=1S/C18H20O4S/c1-2-21-15-7-11-18(12-8-15)23(19,20)17-9-4-14(5-10-17)3-6-16-13-22-16/h4-5,7-12,16H,2-3,6,13H2,1H3. The molecule has 4 nitrogen and oxygen atoms in total. The van der Waals surface area contributed by atoms with Crippen molar-refractivity contribution in [3.63, 3.8) is 0 Å². The molecule has 1 fully saturated rings. The fraction of sp³-hybridized carbons (Fsp3) is 0.333. The van der Waals surface area contributed by atoms with Crippen LogP contribution in [0.2, 0.25) is 0 Å². The van der Waals surface area contributed by atoms with Crippen LogP contribution in [0.3, 0.4) is 0 Å². The molecule has 1 aliphatic heterocycles. The molecule has 3 rings (SSSR count). The lowest BCUT2D eigenvalue weighted by molar-refractivity contribution is 0.340. The molecule has 0 saturated carbocycles. The van der Waals surface area contributed by atoms with Crippen LogP contribution in [0, 0.1) is 0 Å². The van der Waals surface area contributed by atoms with Crippen LogP contribution in [0.25, 0.3) is 0 Å². The molecule has 1 saturated heterocycles. The van der Waals surface area contributed by atoms with E-state index in [1.807, 2.05) is 19.1 Å². The van der Waals surface area contributed by atoms with Gasteiger partial charge in [0.2, 0.25) is 9.84 Å². The Hall–Kier alpha value is -1.85. The van der Waals surface area contributed by atoms with Crippen LogP contribution >= 0.6 is 0 Å². The molecular weight excluding hydrogens is 312 g/mol. The predicted molar refractivity (Wildman–Crippen MR) is 87.6 cm³/mol. The quantitative estimate of drug-likeness (QED) is 0.730. The van der Waals surface area contributed by atoms with E-state index < -0.39 is 9.84 Å². The molecular formula is C18H20O4S. The molecule has 0 spiro atoms. The van der Waals surface area contributed by atoms with E-state index in [0.717, 1.165) is 25.0 Å². The molecule has 0 amide bonds. The van der Waals surface area contributed by atoms with Crippen LogP contribution in [0.1, 0.15) is 18.9 Å². The van der Waals surface area contributed by atoms with Crippen molar-refractivity contribution in [2.45, 2.75) is 35.7 Å². The Kier molecular flexibility index (Phi) is 4.68. The van der Waals surface area contributed by atoms with Crippen molar-refractivity contribution >= 4 is 9.84 Å². The van der Waals surface area contributed by atoms with Gasteiger partial charge in [0.25, 0.3) is 0 Å². The molecule has 23 heavy (non-hydrogen) atoms. The van der Waals surface area contributed by atoms with Crippen LogP contribution in [0.5, 0.6) is 5.75 Å². The summed E-state index contributed by atoms with van der Waals surface area (Å²) >= 11 is 0. The van der Waals surface area contributed by atoms with E-state index in [9.17, 15) is 8.42 Å². The van der Waals surface area contributed by atoms with Crippen LogP contribution in [0.15, 0.2) is 58.3 Å². The first-order chi connectivity index (χ1) is 11.1. The topological polar surface area (TPSA) is 55.9 Å². The number of rotatable bonds is 7. The third-order valence-corrected chi connectivity index (χ3v) is 5.62. The molecule has 1 heterocycles. The zero-order valence-corrected chi connectivity index (χ0v) is 13.9. The zero-order valence-electron chi connectivity index (χ0n) is 13.1. The van der Waals surface area contributed by atoms with E-state index in [1.165, 1.54) is 0 Å². The van der Waals surface area contributed by atoms with Gasteiger partial charge in [-0.1, -0.05) is 12.1 Å². The summed E-state index contributed by atoms with van der Waals surface area (Å²) < 4.78 is 35.8. The molecule has 0 bridgehead atoms. The predicted octanol–water partition coefficient (Wildman–Crippen LogP) is 3.25. The van der Waals surface area contributed by atoms with Crippen molar-refractivity contribution in [3.8, 4) is 5.75 Å². The normalized spacial score (nSPS) is 17.0. The van der Waals surface area contributed by atoms with Crippen molar-refractivity contribution in [2.75, 3.05) is 13.2 Å². The molecule has 2 aromatic carbocycles. The Morgan fingerprint density at radius 1 is 1.04 bits per heavy atom. The first kappa shape index (κ1) is 16.0. The fourth-order valence-corrected chi connectivity index (χ4v) is 3.68. The van der Waals surface area contributed by atoms with Gasteiger partial charge >= 0.3 is 0 Å². The monoisotopic (exact) mass is 332 g/mol. The average Bonchev–Trinajstić information content (AvgIpc) is 3.39. The van der Waals surface area contributed by atoms with Crippen LogP contribution in [0.4, 0.5) is 0 Å². The summed E-state index contributed by atoms with van der Waals surface area (Å²) in [6.45, 7) is 3.30. The van der Waals surface area contributed by atoms with Crippen molar-refractivity contribution in [1.82, 2.24) is 0 Å². The maximum absolute atomic E-state index is 12.6. The molecule has 1 unspecified atom stereocenters. The second-order valence-electron chi connectivity index (χ2n) is 5.55. The summed E-state index contributed by atoms with van der Waals surface area (Å²) in [5.74, 6) is 0.670. The largest absolute Gasteiger partial charge is 0.494 e. The summed E-state index contributed by atoms with van der Waals surface area (Å²) in [5.41, 5.74) is 1.13. The van der Waals surface area contributed by atoms with Gasteiger partial charge in [-0.25, -0.2) is 8.42 Å². The highest BCUT2D eigenvalue weighted by molar-refractivity contribution is 7.91. The second-order valence-corrected chi connectivity index (χ2v) is 7.50. The Morgan fingerprint density at radius 2 is 1.61 bits per heavy atom. The van der Waals surface area contributed by atoms with Crippen molar-refractivity contribution in [2.24, 2.45) is 0 Å². The number of hydrogen-bond acceptors (Lipinski definition) is 4. The number of hydrogen-bond donors (Lipinski definition) is 0. The Balaban J connectivity index is 1.75. The second kappa shape index (κ2) is 6.72. The van der Waals surface area contributed by atoms with E-state index in [1.54, 1.807) is 36.4 Å². The minimum absolute atomic E-state index is 0.278. The minimum Gasteiger partial charge on any atom is -0.494 e. The molecule has 122 valence electrons. The maximum Gasteiger partial charge on any atom is 0.206 e. The average molecular weight is 332 g/mol. The van der Waals surface area contributed by atoms with Crippen molar-refractivity contribution in [1.29, 1.82) is 0 Å². The molecule has 5 heteroatoms. The van der Waals surface area contributed by atoms with Gasteiger partial charge in [0, 0.05) is 0 Å². The Morgan fingerprint density at radius 3 is 2.13 bits per heavy atom. The lowest BCUT2D eigenvalue weighted by atomic mass is 10.1. The highest BCUT2D eigenvalue weighted by atomic mass is 32.2. The molecule has 0 N–H and O–H groups in total. The van der Waals surface area contributed by atoms with Gasteiger partial charge in [-0.2, -0.15) is 0 Å². The number of epoxide rings is 1. The summed E-state index contributed by atoms with van der Waals surface area (Å²) in [6.07, 6.45) is 2.29. The van der Waals surface area contributed by atoms with Crippen LogP contribution in [-0.2, 0) is 21.0 Å². The summed E-state index contributed by atoms with van der Waals surface area (Å²) in [7, 11) is -3.49.